The number of phenols is 1. The molecule has 1 aromatic rings. The van der Waals surface area contributed by atoms with E-state index in [2.05, 4.69) is 5.32 Å². The molecule has 2 rings (SSSR count). The van der Waals surface area contributed by atoms with Crippen LogP contribution in [-0.4, -0.2) is 29.1 Å². The molecule has 0 spiro atoms. The molecule has 0 unspecified atom stereocenters. The standard InChI is InChI=1S/C11H13N2O2/c14-10-4-2-9(3-5-10)8-13-7-1-6-12-11(13)15/h2-5,14H,1,6-8H2. The Bertz CT molecular complexity index is 348. The third-order valence-corrected chi connectivity index (χ3v) is 2.41. The summed E-state index contributed by atoms with van der Waals surface area (Å²) in [6.07, 6.45) is 0.934. The van der Waals surface area contributed by atoms with Gasteiger partial charge in [-0.3, -0.25) is 0 Å². The van der Waals surface area contributed by atoms with Gasteiger partial charge >= 0.3 is 6.03 Å². The molecule has 0 aromatic heterocycles. The Hall–Kier alpha value is -1.71. The van der Waals surface area contributed by atoms with Crippen LogP contribution >= 0.6 is 0 Å². The van der Waals surface area contributed by atoms with Crippen molar-refractivity contribution >= 4 is 6.03 Å². The molecule has 0 atom stereocenters. The molecule has 1 heterocycles. The van der Waals surface area contributed by atoms with Gasteiger partial charge < -0.3 is 10.0 Å². The number of hydrogen-bond donors (Lipinski definition) is 1. The number of hydrogen-bond acceptors (Lipinski definition) is 2. The summed E-state index contributed by atoms with van der Waals surface area (Å²) in [6.45, 7) is 1.98. The fraction of sp³-hybridized carbons (Fsp3) is 0.364. The van der Waals surface area contributed by atoms with Crippen molar-refractivity contribution in [3.05, 3.63) is 29.8 Å². The van der Waals surface area contributed by atoms with Gasteiger partial charge in [0.25, 0.3) is 0 Å². The molecule has 15 heavy (non-hydrogen) atoms. The zero-order chi connectivity index (χ0) is 10.7. The Balaban J connectivity index is 2.01. The molecular weight excluding hydrogens is 192 g/mol. The van der Waals surface area contributed by atoms with Gasteiger partial charge in [0.2, 0.25) is 0 Å². The number of carbonyl (C=O) groups excluding carboxylic acids is 1. The van der Waals surface area contributed by atoms with Gasteiger partial charge in [0.15, 0.2) is 0 Å². The normalized spacial score (nSPS) is 16.3. The van der Waals surface area contributed by atoms with Crippen LogP contribution in [0.25, 0.3) is 0 Å². The molecule has 1 radical (unpaired) electrons. The van der Waals surface area contributed by atoms with Gasteiger partial charge in [-0.05, 0) is 24.1 Å². The molecule has 0 saturated carbocycles. The molecule has 0 aliphatic carbocycles. The number of carbonyl (C=O) groups is 1. The van der Waals surface area contributed by atoms with Crippen molar-refractivity contribution in [1.29, 1.82) is 0 Å². The first-order valence-corrected chi connectivity index (χ1v) is 5.00. The maximum absolute atomic E-state index is 11.4. The second kappa shape index (κ2) is 4.21. The van der Waals surface area contributed by atoms with Gasteiger partial charge in [0, 0.05) is 19.6 Å². The lowest BCUT2D eigenvalue weighted by Gasteiger charge is -2.25. The highest BCUT2D eigenvalue weighted by atomic mass is 16.3. The lowest BCUT2D eigenvalue weighted by atomic mass is 10.2. The zero-order valence-electron chi connectivity index (χ0n) is 8.39. The first kappa shape index (κ1) is 9.83. The molecule has 4 nitrogen and oxygen atoms in total. The fourth-order valence-corrected chi connectivity index (χ4v) is 1.60. The summed E-state index contributed by atoms with van der Waals surface area (Å²) in [5.41, 5.74) is 1.01. The maximum Gasteiger partial charge on any atom is 0.339 e. The maximum atomic E-state index is 11.4. The van der Waals surface area contributed by atoms with Crippen LogP contribution in [0.1, 0.15) is 12.0 Å². The summed E-state index contributed by atoms with van der Waals surface area (Å²) >= 11 is 0. The van der Waals surface area contributed by atoms with E-state index in [1.165, 1.54) is 0 Å². The Labute approximate surface area is 88.5 Å². The predicted octanol–water partition coefficient (Wildman–Crippen LogP) is 1.32. The summed E-state index contributed by atoms with van der Waals surface area (Å²) in [5, 5.41) is 13.0. The van der Waals surface area contributed by atoms with Crippen molar-refractivity contribution in [2.45, 2.75) is 13.0 Å². The van der Waals surface area contributed by atoms with Crippen LogP contribution in [0.15, 0.2) is 24.3 Å². The molecule has 4 heteroatoms. The number of nitrogens with zero attached hydrogens (tertiary/aromatic N) is 2. The highest BCUT2D eigenvalue weighted by Crippen LogP contribution is 2.13. The lowest BCUT2D eigenvalue weighted by Crippen LogP contribution is -2.41. The van der Waals surface area contributed by atoms with Gasteiger partial charge in [-0.25, -0.2) is 10.1 Å². The zero-order valence-corrected chi connectivity index (χ0v) is 8.39. The van der Waals surface area contributed by atoms with E-state index in [9.17, 15) is 4.79 Å². The van der Waals surface area contributed by atoms with Gasteiger partial charge in [-0.15, -0.1) is 0 Å². The topological polar surface area (TPSA) is 54.6 Å². The second-order valence-electron chi connectivity index (χ2n) is 3.61. The van der Waals surface area contributed by atoms with Crippen LogP contribution in [0.5, 0.6) is 5.75 Å². The minimum absolute atomic E-state index is 0.130. The van der Waals surface area contributed by atoms with Crippen molar-refractivity contribution in [2.75, 3.05) is 13.1 Å². The van der Waals surface area contributed by atoms with E-state index in [1.807, 2.05) is 12.1 Å². The SMILES string of the molecule is O=C1[N]CCCN1Cc1ccc(O)cc1. The number of amides is 2. The molecule has 1 saturated heterocycles. The smallest absolute Gasteiger partial charge is 0.339 e. The number of benzene rings is 1. The second-order valence-corrected chi connectivity index (χ2v) is 3.61. The monoisotopic (exact) mass is 205 g/mol. The first-order valence-electron chi connectivity index (χ1n) is 5.00. The van der Waals surface area contributed by atoms with E-state index in [0.717, 1.165) is 18.5 Å². The minimum Gasteiger partial charge on any atom is -0.508 e. The van der Waals surface area contributed by atoms with Crippen LogP contribution in [-0.2, 0) is 6.54 Å². The van der Waals surface area contributed by atoms with Crippen LogP contribution < -0.4 is 5.32 Å². The van der Waals surface area contributed by atoms with Gasteiger partial charge in [-0.1, -0.05) is 12.1 Å². The molecule has 79 valence electrons. The Morgan fingerprint density at radius 2 is 2.07 bits per heavy atom. The van der Waals surface area contributed by atoms with Crippen molar-refractivity contribution < 1.29 is 9.90 Å². The van der Waals surface area contributed by atoms with E-state index < -0.39 is 0 Å². The number of aromatic hydroxyl groups is 1. The largest absolute Gasteiger partial charge is 0.508 e. The first-order chi connectivity index (χ1) is 7.25. The molecule has 0 bridgehead atoms. The fourth-order valence-electron chi connectivity index (χ4n) is 1.60. The Morgan fingerprint density at radius 1 is 1.33 bits per heavy atom. The van der Waals surface area contributed by atoms with Crippen molar-refractivity contribution in [2.24, 2.45) is 0 Å². The molecule has 1 N–H and O–H groups in total. The van der Waals surface area contributed by atoms with E-state index in [0.29, 0.717) is 13.1 Å². The van der Waals surface area contributed by atoms with Gasteiger partial charge in [0.1, 0.15) is 5.75 Å². The molecule has 2 amide bonds. The molecule has 1 fully saturated rings. The number of phenolic OH excluding ortho intramolecular Hbond substituents is 1. The summed E-state index contributed by atoms with van der Waals surface area (Å²) in [4.78, 5) is 13.1. The number of urea groups is 1. The summed E-state index contributed by atoms with van der Waals surface area (Å²) < 4.78 is 0. The van der Waals surface area contributed by atoms with Crippen molar-refractivity contribution in [3.8, 4) is 5.75 Å². The minimum atomic E-state index is -0.130. The average Bonchev–Trinajstić information content (AvgIpc) is 2.25. The average molecular weight is 205 g/mol. The third-order valence-electron chi connectivity index (χ3n) is 2.41. The summed E-state index contributed by atoms with van der Waals surface area (Å²) in [7, 11) is 0. The molecule has 1 aromatic carbocycles. The van der Waals surface area contributed by atoms with Crippen LogP contribution in [0.3, 0.4) is 0 Å². The molecule has 1 aliphatic heterocycles. The summed E-state index contributed by atoms with van der Waals surface area (Å²) in [6, 6.07) is 6.75. The van der Waals surface area contributed by atoms with E-state index in [4.69, 9.17) is 5.11 Å². The van der Waals surface area contributed by atoms with Crippen molar-refractivity contribution in [3.63, 3.8) is 0 Å². The van der Waals surface area contributed by atoms with E-state index in [1.54, 1.807) is 17.0 Å². The number of rotatable bonds is 2. The lowest BCUT2D eigenvalue weighted by molar-refractivity contribution is 0.182. The Morgan fingerprint density at radius 3 is 2.73 bits per heavy atom. The Kier molecular flexibility index (Phi) is 2.76. The third kappa shape index (κ3) is 2.40. The highest BCUT2D eigenvalue weighted by molar-refractivity contribution is 5.74. The molecule has 1 aliphatic rings. The van der Waals surface area contributed by atoms with Crippen molar-refractivity contribution in [1.82, 2.24) is 10.2 Å². The highest BCUT2D eigenvalue weighted by Gasteiger charge is 2.18. The molecular formula is C11H13N2O2. The van der Waals surface area contributed by atoms with Gasteiger partial charge in [0.05, 0.1) is 0 Å². The quantitative estimate of drug-likeness (QED) is 0.791. The predicted molar refractivity (Wildman–Crippen MR) is 55.5 cm³/mol. The summed E-state index contributed by atoms with van der Waals surface area (Å²) in [5.74, 6) is 0.244. The van der Waals surface area contributed by atoms with Crippen LogP contribution in [0.4, 0.5) is 4.79 Å². The van der Waals surface area contributed by atoms with Crippen LogP contribution in [0, 0.1) is 0 Å². The van der Waals surface area contributed by atoms with E-state index >= 15 is 0 Å². The van der Waals surface area contributed by atoms with Crippen LogP contribution in [0.2, 0.25) is 0 Å². The van der Waals surface area contributed by atoms with E-state index in [-0.39, 0.29) is 11.8 Å². The van der Waals surface area contributed by atoms with Gasteiger partial charge in [-0.2, -0.15) is 0 Å².